The molecule has 2 nitrogen and oxygen atoms in total. The van der Waals surface area contributed by atoms with Crippen molar-refractivity contribution in [2.24, 2.45) is 0 Å². The van der Waals surface area contributed by atoms with Crippen molar-refractivity contribution in [1.82, 2.24) is 4.57 Å². The van der Waals surface area contributed by atoms with Gasteiger partial charge in [-0.1, -0.05) is 126 Å². The lowest BCUT2D eigenvalue weighted by Gasteiger charge is -2.41. The molecule has 1 aromatic heterocycles. The van der Waals surface area contributed by atoms with Crippen LogP contribution in [0, 0.1) is 12.3 Å². The zero-order chi connectivity index (χ0) is 70.6. The summed E-state index contributed by atoms with van der Waals surface area (Å²) >= 11 is 0. The van der Waals surface area contributed by atoms with Crippen molar-refractivity contribution in [3.05, 3.63) is 21.9 Å². The highest BCUT2D eigenvalue weighted by Gasteiger charge is 2.34. The molecule has 39 heteroatoms. The molecular weight excluding hydrogens is 1090 g/mol. The fourth-order valence-corrected chi connectivity index (χ4v) is 11.7. The van der Waals surface area contributed by atoms with Gasteiger partial charge in [-0.15, -0.1) is 88.4 Å². The Morgan fingerprint density at radius 3 is 0.840 bits per heavy atom. The molecule has 0 saturated carbocycles. The zero-order valence-electron chi connectivity index (χ0n) is 50.0. The first kappa shape index (κ1) is 73.1. The van der Waals surface area contributed by atoms with Crippen LogP contribution < -0.4 is 185 Å². The summed E-state index contributed by atoms with van der Waals surface area (Å²) in [5, 5.41) is 0.00587. The zero-order valence-corrected chi connectivity index (χ0v) is 50.0. The first-order valence-electron chi connectivity index (χ1n) is 27.0. The number of fused-ring (bicyclic) bond motifs is 3. The molecule has 0 aliphatic heterocycles. The highest BCUT2D eigenvalue weighted by molar-refractivity contribution is 6.77. The van der Waals surface area contributed by atoms with Gasteiger partial charge in [0.2, 0.25) is 0 Å². The number of terminal acetylenes is 1. The molecule has 0 bridgehead atoms. The van der Waals surface area contributed by atoms with E-state index in [1.54, 1.807) is 0 Å². The number of aromatic nitrogens is 1. The lowest BCUT2D eigenvalue weighted by molar-refractivity contribution is 0.887. The molecular formula is C55H3B37N2. The quantitative estimate of drug-likeness (QED) is 0.0753. The summed E-state index contributed by atoms with van der Waals surface area (Å²) in [6.07, 6.45) is 5.54. The Kier molecular flexibility index (Phi) is 20.4. The standard InChI is InChI=1S/C55H3B37N2/c1-2-4(56)16(58)17(59)5(57)3-93-51-7(14-30(72)37(79)42(84)49(91)52(14)93)6(19(61)39(81)48(51)90)8-18(60)13(25(67)32(74)20(8)62)15-31(73)38(80)43(85)50(92)53(15)94(54-44(86)26(68)11(27(69)45(54)87)9-21(63)33(75)40(82)34(76)22(9)64)55-46(88)28(70)12(29(71)47(55)89)10-23(65)35(77)41(83)36(78)24(10)66/h1H,3H2/b16-4-,17-5-. The van der Waals surface area contributed by atoms with Crippen molar-refractivity contribution in [2.45, 2.75) is 6.54 Å². The summed E-state index contributed by atoms with van der Waals surface area (Å²) in [5.74, 6) is 2.21. The predicted octanol–water partition coefficient (Wildman–Crippen LogP) is -27.1. The minimum absolute atomic E-state index is 0.0113. The molecule has 0 fully saturated rings. The average Bonchev–Trinajstić information content (AvgIpc) is 1.35. The van der Waals surface area contributed by atoms with Gasteiger partial charge in [-0.05, 0) is 49.9 Å². The molecule has 1 heterocycles. The third-order valence-electron chi connectivity index (χ3n) is 17.0. The lowest BCUT2D eigenvalue weighted by Crippen LogP contribution is -2.58. The van der Waals surface area contributed by atoms with Crippen LogP contribution in [0.4, 0.5) is 17.1 Å². The van der Waals surface area contributed by atoms with Crippen molar-refractivity contribution in [3.8, 4) is 56.9 Å². The third kappa shape index (κ3) is 10.7. The van der Waals surface area contributed by atoms with E-state index in [0.717, 1.165) is 4.90 Å². The molecule has 0 aliphatic rings. The highest BCUT2D eigenvalue weighted by atomic mass is 15.2. The first-order valence-corrected chi connectivity index (χ1v) is 27.0. The molecule has 8 aromatic carbocycles. The van der Waals surface area contributed by atoms with Crippen LogP contribution in [0.2, 0.25) is 0 Å². The second kappa shape index (κ2) is 26.2. The summed E-state index contributed by atoms with van der Waals surface area (Å²) in [6, 6.07) is 0. The maximum atomic E-state index is 7.59. The van der Waals surface area contributed by atoms with Gasteiger partial charge in [-0.2, -0.15) is 0 Å². The summed E-state index contributed by atoms with van der Waals surface area (Å²) in [4.78, 5) is 1.07. The van der Waals surface area contributed by atoms with Gasteiger partial charge in [-0.3, -0.25) is 0 Å². The van der Waals surface area contributed by atoms with Gasteiger partial charge in [0.15, 0.2) is 0 Å². The molecule has 0 saturated heterocycles. The van der Waals surface area contributed by atoms with Gasteiger partial charge in [0, 0.05) is 40.0 Å². The highest BCUT2D eigenvalue weighted by Crippen LogP contribution is 2.37. The molecule has 0 aliphatic carbocycles. The third-order valence-corrected chi connectivity index (χ3v) is 17.0. The largest absolute Gasteiger partial charge is 0.338 e. The van der Waals surface area contributed by atoms with E-state index in [2.05, 4.69) is 5.92 Å². The first-order chi connectivity index (χ1) is 43.6. The van der Waals surface area contributed by atoms with Crippen LogP contribution in [-0.4, -0.2) is 295 Å². The van der Waals surface area contributed by atoms with E-state index in [1.807, 2.05) is 0 Å². The fourth-order valence-electron chi connectivity index (χ4n) is 11.7. The van der Waals surface area contributed by atoms with Crippen molar-refractivity contribution >= 4 is 509 Å². The molecule has 74 radical (unpaired) electrons. The van der Waals surface area contributed by atoms with E-state index in [0.29, 0.717) is 0 Å². The second-order valence-electron chi connectivity index (χ2n) is 22.0. The average molecular weight is 1090 g/mol. The van der Waals surface area contributed by atoms with Crippen LogP contribution >= 0.6 is 0 Å². The van der Waals surface area contributed by atoms with Crippen molar-refractivity contribution < 1.29 is 0 Å². The van der Waals surface area contributed by atoms with Crippen molar-refractivity contribution in [3.63, 3.8) is 0 Å². The Labute approximate surface area is 599 Å². The molecule has 94 heavy (non-hydrogen) atoms. The van der Waals surface area contributed by atoms with E-state index in [9.17, 15) is 0 Å². The SMILES string of the molecule is [B]/C(C#C)=C([B])/C([B])=C(/[B])Cn1c2c([B])c([B])c([B])c([B])c2c2c(-c3c([B])c([B])c([B])c(-c4c([B])c([B])c([B])c([B])c4N(c4c([B])c([B])c(-c5c([B])c([B])c([B])c([B])c5[B])c([B])c4[B])c4c([B])c([B])c(-c5c([B])c([B])c([B])c([B])c5[B])c([B])c4[B])c3[B])c([B])c([B])c([B])c21. The van der Waals surface area contributed by atoms with Gasteiger partial charge in [0.1, 0.15) is 290 Å². The van der Waals surface area contributed by atoms with Crippen LogP contribution in [0.3, 0.4) is 0 Å². The van der Waals surface area contributed by atoms with Crippen LogP contribution in [0.5, 0.6) is 0 Å². The molecule has 0 N–H and O–H groups in total. The van der Waals surface area contributed by atoms with Gasteiger partial charge in [-0.25, -0.2) is 0 Å². The van der Waals surface area contributed by atoms with E-state index < -0.39 is 111 Å². The Morgan fingerprint density at radius 1 is 0.245 bits per heavy atom. The van der Waals surface area contributed by atoms with Crippen molar-refractivity contribution in [1.29, 1.82) is 0 Å². The van der Waals surface area contributed by atoms with Crippen LogP contribution in [0.25, 0.3) is 66.3 Å². The predicted molar refractivity (Wildman–Crippen MR) is 440 cm³/mol. The number of hydrogen-bond acceptors (Lipinski definition) is 1. The topological polar surface area (TPSA) is 8.17 Å². The van der Waals surface area contributed by atoms with E-state index in [4.69, 9.17) is 297 Å². The van der Waals surface area contributed by atoms with Crippen LogP contribution in [0.1, 0.15) is 0 Å². The van der Waals surface area contributed by atoms with Gasteiger partial charge < -0.3 is 9.47 Å². The van der Waals surface area contributed by atoms with Gasteiger partial charge in [0.05, 0.1) is 0 Å². The molecule has 9 rings (SSSR count). The Balaban J connectivity index is 1.53. The maximum absolute atomic E-state index is 7.59. The molecule has 0 atom stereocenters. The minimum atomic E-state index is -0.514. The fraction of sp³-hybridized carbons (Fsp3) is 0.0182. The minimum Gasteiger partial charge on any atom is -0.338 e. The molecule has 0 amide bonds. The van der Waals surface area contributed by atoms with Gasteiger partial charge >= 0.3 is 0 Å². The lowest BCUT2D eigenvalue weighted by atomic mass is 9.55. The monoisotopic (exact) mass is 1100 g/mol. The van der Waals surface area contributed by atoms with E-state index >= 15 is 0 Å². The number of rotatable bonds is 10. The summed E-state index contributed by atoms with van der Waals surface area (Å²) < 4.78 is 1.44. The number of allylic oxidation sites excluding steroid dienone is 4. The normalized spacial score (nSPS) is 12.1. The molecule has 344 valence electrons. The Bertz CT molecular complexity index is 4840. The number of hydrogen-bond donors (Lipinski definition) is 0. The van der Waals surface area contributed by atoms with Crippen molar-refractivity contribution in [2.75, 3.05) is 4.90 Å². The number of benzene rings is 8. The summed E-state index contributed by atoms with van der Waals surface area (Å²) in [6.45, 7) is -0.430. The number of anilines is 3. The van der Waals surface area contributed by atoms with Crippen LogP contribution in [-0.2, 0) is 6.54 Å². The molecule has 0 unspecified atom stereocenters. The van der Waals surface area contributed by atoms with Crippen LogP contribution in [0.15, 0.2) is 21.9 Å². The summed E-state index contributed by atoms with van der Waals surface area (Å²) in [5.41, 5.74) is -15.2. The summed E-state index contributed by atoms with van der Waals surface area (Å²) in [7, 11) is 252. The maximum Gasteiger partial charge on any atom is 0.125 e. The van der Waals surface area contributed by atoms with Gasteiger partial charge in [0.25, 0.3) is 0 Å². The molecule has 0 spiro atoms. The number of nitrogens with zero attached hydrogens (tertiary/aromatic N) is 2. The molecule has 9 aromatic rings. The Hall–Kier alpha value is -5.20. The second-order valence-corrected chi connectivity index (χ2v) is 22.0. The smallest absolute Gasteiger partial charge is 0.125 e. The Morgan fingerprint density at radius 2 is 0.479 bits per heavy atom. The van der Waals surface area contributed by atoms with E-state index in [1.165, 1.54) is 4.57 Å². The van der Waals surface area contributed by atoms with E-state index in [-0.39, 0.29) is 181 Å².